The molecule has 2 N–H and O–H groups in total. The van der Waals surface area contributed by atoms with Crippen molar-refractivity contribution in [1.82, 2.24) is 14.6 Å². The number of hydrogen-bond donors (Lipinski definition) is 2. The topological polar surface area (TPSA) is 91.5 Å². The summed E-state index contributed by atoms with van der Waals surface area (Å²) in [4.78, 5) is 15.3. The zero-order valence-corrected chi connectivity index (χ0v) is 16.6. The first-order valence-corrected chi connectivity index (χ1v) is 10.4. The molecule has 2 aromatic rings. The lowest BCUT2D eigenvalue weighted by atomic mass is 10.1. The quantitative estimate of drug-likeness (QED) is 0.744. The Balaban J connectivity index is 1.73. The van der Waals surface area contributed by atoms with Gasteiger partial charge in [0.2, 0.25) is 10.0 Å². The first kappa shape index (κ1) is 19.1. The van der Waals surface area contributed by atoms with Crippen molar-refractivity contribution in [3.63, 3.8) is 0 Å². The van der Waals surface area contributed by atoms with Crippen LogP contribution in [-0.2, 0) is 14.8 Å². The molecular formula is C17H20BrN3O4S. The summed E-state index contributed by atoms with van der Waals surface area (Å²) in [5.41, 5.74) is 1.14. The molecule has 1 aromatic carbocycles. The zero-order valence-electron chi connectivity index (χ0n) is 14.2. The minimum Gasteiger partial charge on any atom is -0.379 e. The number of carbonyl (C=O) groups is 1. The van der Waals surface area contributed by atoms with Gasteiger partial charge in [-0.25, -0.2) is 8.42 Å². The number of benzene rings is 1. The van der Waals surface area contributed by atoms with Crippen LogP contribution in [-0.4, -0.2) is 49.9 Å². The second-order valence-corrected chi connectivity index (χ2v) is 8.77. The van der Waals surface area contributed by atoms with E-state index in [9.17, 15) is 13.2 Å². The van der Waals surface area contributed by atoms with Gasteiger partial charge in [-0.2, -0.15) is 4.31 Å². The fraction of sp³-hybridized carbons (Fsp3) is 0.353. The highest BCUT2D eigenvalue weighted by atomic mass is 79.9. The lowest BCUT2D eigenvalue weighted by Crippen LogP contribution is -2.40. The average molecular weight is 442 g/mol. The number of amides is 1. The normalized spacial score (nSPS) is 17.0. The number of morpholine rings is 1. The molecule has 1 aliphatic heterocycles. The van der Waals surface area contributed by atoms with Crippen LogP contribution in [0.2, 0.25) is 0 Å². The van der Waals surface area contributed by atoms with Gasteiger partial charge in [0, 0.05) is 23.8 Å². The van der Waals surface area contributed by atoms with Crippen LogP contribution >= 0.6 is 15.9 Å². The number of aromatic amines is 1. The molecule has 1 aliphatic rings. The van der Waals surface area contributed by atoms with Crippen LogP contribution in [0.5, 0.6) is 0 Å². The van der Waals surface area contributed by atoms with Crippen LogP contribution in [0, 0.1) is 0 Å². The third kappa shape index (κ3) is 4.01. The molecule has 0 saturated carbocycles. The van der Waals surface area contributed by atoms with E-state index >= 15 is 0 Å². The van der Waals surface area contributed by atoms with Gasteiger partial charge in [0.15, 0.2) is 0 Å². The summed E-state index contributed by atoms with van der Waals surface area (Å²) in [5.74, 6) is -0.364. The van der Waals surface area contributed by atoms with Crippen LogP contribution in [0.3, 0.4) is 0 Å². The lowest BCUT2D eigenvalue weighted by molar-refractivity contribution is 0.0730. The number of sulfonamides is 1. The highest BCUT2D eigenvalue weighted by Crippen LogP contribution is 2.23. The molecule has 2 heterocycles. The summed E-state index contributed by atoms with van der Waals surface area (Å²) in [6, 6.07) is 8.74. The van der Waals surface area contributed by atoms with E-state index in [4.69, 9.17) is 4.74 Å². The maximum Gasteiger partial charge on any atom is 0.268 e. The summed E-state index contributed by atoms with van der Waals surface area (Å²) < 4.78 is 32.7. The largest absolute Gasteiger partial charge is 0.379 e. The van der Waals surface area contributed by atoms with Gasteiger partial charge in [-0.05, 0) is 24.6 Å². The van der Waals surface area contributed by atoms with Crippen LogP contribution < -0.4 is 5.32 Å². The first-order valence-electron chi connectivity index (χ1n) is 8.21. The van der Waals surface area contributed by atoms with Gasteiger partial charge < -0.3 is 15.0 Å². The minimum atomic E-state index is -3.63. The molecule has 0 aliphatic carbocycles. The summed E-state index contributed by atoms with van der Waals surface area (Å²) in [5, 5.41) is 2.87. The molecule has 0 bridgehead atoms. The van der Waals surface area contributed by atoms with E-state index in [1.807, 2.05) is 31.2 Å². The number of hydrogen-bond acceptors (Lipinski definition) is 4. The highest BCUT2D eigenvalue weighted by molar-refractivity contribution is 9.10. The molecule has 1 aromatic heterocycles. The smallest absolute Gasteiger partial charge is 0.268 e. The van der Waals surface area contributed by atoms with Gasteiger partial charge in [0.05, 0.1) is 19.3 Å². The van der Waals surface area contributed by atoms with Gasteiger partial charge >= 0.3 is 0 Å². The van der Waals surface area contributed by atoms with E-state index in [1.54, 1.807) is 0 Å². The third-order valence-corrected chi connectivity index (χ3v) is 6.83. The van der Waals surface area contributed by atoms with Crippen LogP contribution in [0.25, 0.3) is 0 Å². The first-order chi connectivity index (χ1) is 12.4. The maximum atomic E-state index is 12.6. The van der Waals surface area contributed by atoms with Gasteiger partial charge in [0.1, 0.15) is 10.6 Å². The molecule has 9 heteroatoms. The standard InChI is InChI=1S/C17H20BrN3O4S/c1-12(14-4-2-3-5-15(14)18)20-17(22)16-10-13(11-19-16)26(23,24)21-6-8-25-9-7-21/h2-5,10-12,19H,6-9H2,1H3,(H,20,22). The molecule has 1 saturated heterocycles. The fourth-order valence-electron chi connectivity index (χ4n) is 2.77. The van der Waals surface area contributed by atoms with Crippen molar-refractivity contribution in [1.29, 1.82) is 0 Å². The van der Waals surface area contributed by atoms with Crippen molar-refractivity contribution in [2.45, 2.75) is 17.9 Å². The Labute approximate surface area is 160 Å². The zero-order chi connectivity index (χ0) is 18.7. The number of aromatic nitrogens is 1. The number of nitrogens with one attached hydrogen (secondary N) is 2. The molecule has 1 unspecified atom stereocenters. The molecule has 0 radical (unpaired) electrons. The van der Waals surface area contributed by atoms with Crippen molar-refractivity contribution < 1.29 is 17.9 Å². The Kier molecular flexibility index (Phi) is 5.81. The maximum absolute atomic E-state index is 12.6. The molecule has 7 nitrogen and oxygen atoms in total. The molecule has 1 fully saturated rings. The Hall–Kier alpha value is -1.68. The number of nitrogens with zero attached hydrogens (tertiary/aromatic N) is 1. The Morgan fingerprint density at radius 3 is 2.69 bits per heavy atom. The summed E-state index contributed by atoms with van der Waals surface area (Å²) in [6.07, 6.45) is 1.35. The second kappa shape index (κ2) is 7.91. The SMILES string of the molecule is CC(NC(=O)c1cc(S(=O)(=O)N2CCOCC2)c[nH]1)c1ccccc1Br. The molecule has 26 heavy (non-hydrogen) atoms. The Bertz CT molecular complexity index is 891. The van der Waals surface area contributed by atoms with Crippen molar-refractivity contribution in [3.05, 3.63) is 52.3 Å². The van der Waals surface area contributed by atoms with E-state index in [-0.39, 0.29) is 22.5 Å². The van der Waals surface area contributed by atoms with Gasteiger partial charge in [-0.15, -0.1) is 0 Å². The Morgan fingerprint density at radius 1 is 1.31 bits per heavy atom. The number of ether oxygens (including phenoxy) is 1. The van der Waals surface area contributed by atoms with Gasteiger partial charge in [-0.1, -0.05) is 34.1 Å². The van der Waals surface area contributed by atoms with Crippen molar-refractivity contribution in [2.24, 2.45) is 0 Å². The minimum absolute atomic E-state index is 0.0816. The number of rotatable bonds is 5. The monoisotopic (exact) mass is 441 g/mol. The number of H-pyrrole nitrogens is 1. The van der Waals surface area contributed by atoms with Crippen molar-refractivity contribution in [3.8, 4) is 0 Å². The lowest BCUT2D eigenvalue weighted by Gasteiger charge is -2.25. The average Bonchev–Trinajstić information content (AvgIpc) is 3.14. The molecule has 1 amide bonds. The van der Waals surface area contributed by atoms with Crippen molar-refractivity contribution in [2.75, 3.05) is 26.3 Å². The van der Waals surface area contributed by atoms with E-state index in [2.05, 4.69) is 26.2 Å². The van der Waals surface area contributed by atoms with Gasteiger partial charge in [-0.3, -0.25) is 4.79 Å². The van der Waals surface area contributed by atoms with Crippen LogP contribution in [0.1, 0.15) is 29.0 Å². The predicted molar refractivity (Wildman–Crippen MR) is 100 cm³/mol. The third-order valence-electron chi connectivity index (χ3n) is 4.23. The fourth-order valence-corrected chi connectivity index (χ4v) is 4.80. The van der Waals surface area contributed by atoms with E-state index in [0.717, 1.165) is 10.0 Å². The van der Waals surface area contributed by atoms with E-state index in [0.29, 0.717) is 26.3 Å². The van der Waals surface area contributed by atoms with Crippen LogP contribution in [0.15, 0.2) is 45.9 Å². The molecule has 1 atom stereocenters. The molecule has 3 rings (SSSR count). The predicted octanol–water partition coefficient (Wildman–Crippen LogP) is 2.29. The van der Waals surface area contributed by atoms with Gasteiger partial charge in [0.25, 0.3) is 5.91 Å². The van der Waals surface area contributed by atoms with E-state index < -0.39 is 10.0 Å². The van der Waals surface area contributed by atoms with Crippen LogP contribution in [0.4, 0.5) is 0 Å². The van der Waals surface area contributed by atoms with Crippen molar-refractivity contribution >= 4 is 31.9 Å². The number of carbonyl (C=O) groups excluding carboxylic acids is 1. The molecular weight excluding hydrogens is 422 g/mol. The summed E-state index contributed by atoms with van der Waals surface area (Å²) in [6.45, 7) is 3.25. The summed E-state index contributed by atoms with van der Waals surface area (Å²) >= 11 is 3.46. The number of halogens is 1. The molecule has 0 spiro atoms. The highest BCUT2D eigenvalue weighted by Gasteiger charge is 2.28. The van der Waals surface area contributed by atoms with E-state index in [1.165, 1.54) is 16.6 Å². The summed E-state index contributed by atoms with van der Waals surface area (Å²) in [7, 11) is -3.63. The Morgan fingerprint density at radius 2 is 2.00 bits per heavy atom. The molecule has 140 valence electrons. The second-order valence-electron chi connectivity index (χ2n) is 5.98.